The standard InChI is InChI=1S/C20H26N2O2/c1-14-9-10-18(17(4)13-14)22-20(23)21-11-6-12-24-19-15(2)7-5-8-16(19)3/h5,7-10,13H,6,11-12H2,1-4H3,(H2,21,22,23). The van der Waals surface area contributed by atoms with Crippen LogP contribution in [0.1, 0.15) is 28.7 Å². The Morgan fingerprint density at radius 1 is 1.00 bits per heavy atom. The summed E-state index contributed by atoms with van der Waals surface area (Å²) in [6.45, 7) is 9.25. The second-order valence-electron chi connectivity index (χ2n) is 6.12. The normalized spacial score (nSPS) is 10.3. The first kappa shape index (κ1) is 17.9. The van der Waals surface area contributed by atoms with Gasteiger partial charge in [0.1, 0.15) is 5.75 Å². The van der Waals surface area contributed by atoms with Crippen LogP contribution in [0.15, 0.2) is 36.4 Å². The largest absolute Gasteiger partial charge is 0.493 e. The summed E-state index contributed by atoms with van der Waals surface area (Å²) in [6.07, 6.45) is 0.758. The molecule has 0 aliphatic rings. The number of para-hydroxylation sites is 1. The van der Waals surface area contributed by atoms with Gasteiger partial charge in [-0.3, -0.25) is 0 Å². The lowest BCUT2D eigenvalue weighted by Crippen LogP contribution is -2.30. The van der Waals surface area contributed by atoms with Crippen molar-refractivity contribution in [3.05, 3.63) is 58.7 Å². The fourth-order valence-electron chi connectivity index (χ4n) is 2.60. The second-order valence-corrected chi connectivity index (χ2v) is 6.12. The van der Waals surface area contributed by atoms with Crippen molar-refractivity contribution in [2.75, 3.05) is 18.5 Å². The molecule has 0 bridgehead atoms. The van der Waals surface area contributed by atoms with Crippen LogP contribution in [0.5, 0.6) is 5.75 Å². The first-order valence-corrected chi connectivity index (χ1v) is 8.28. The highest BCUT2D eigenvalue weighted by molar-refractivity contribution is 5.90. The lowest BCUT2D eigenvalue weighted by atomic mass is 10.1. The molecule has 0 fully saturated rings. The van der Waals surface area contributed by atoms with E-state index < -0.39 is 0 Å². The second kappa shape index (κ2) is 8.39. The summed E-state index contributed by atoms with van der Waals surface area (Å²) in [5.74, 6) is 0.942. The van der Waals surface area contributed by atoms with Crippen LogP contribution in [-0.4, -0.2) is 19.2 Å². The van der Waals surface area contributed by atoms with Gasteiger partial charge in [-0.05, 0) is 56.9 Å². The van der Waals surface area contributed by atoms with Gasteiger partial charge in [0.25, 0.3) is 0 Å². The Hall–Kier alpha value is -2.49. The van der Waals surface area contributed by atoms with Gasteiger partial charge < -0.3 is 15.4 Å². The van der Waals surface area contributed by atoms with Crippen LogP contribution in [0.25, 0.3) is 0 Å². The van der Waals surface area contributed by atoms with Crippen LogP contribution in [0, 0.1) is 27.7 Å². The number of rotatable bonds is 6. The summed E-state index contributed by atoms with van der Waals surface area (Å²) in [5, 5.41) is 5.73. The Bertz CT molecular complexity index is 691. The number of aryl methyl sites for hydroxylation is 4. The monoisotopic (exact) mass is 326 g/mol. The minimum atomic E-state index is -0.186. The number of hydrogen-bond acceptors (Lipinski definition) is 2. The van der Waals surface area contributed by atoms with Gasteiger partial charge >= 0.3 is 6.03 Å². The van der Waals surface area contributed by atoms with Gasteiger partial charge in [0.05, 0.1) is 6.61 Å². The van der Waals surface area contributed by atoms with Gasteiger partial charge in [0.15, 0.2) is 0 Å². The van der Waals surface area contributed by atoms with Crippen molar-refractivity contribution in [1.29, 1.82) is 0 Å². The minimum Gasteiger partial charge on any atom is -0.493 e. The molecule has 0 heterocycles. The van der Waals surface area contributed by atoms with E-state index in [2.05, 4.69) is 10.6 Å². The topological polar surface area (TPSA) is 50.4 Å². The van der Waals surface area contributed by atoms with Crippen LogP contribution in [0.4, 0.5) is 10.5 Å². The highest BCUT2D eigenvalue weighted by Gasteiger charge is 2.05. The molecule has 2 aromatic rings. The molecule has 4 nitrogen and oxygen atoms in total. The Balaban J connectivity index is 1.71. The highest BCUT2D eigenvalue weighted by Crippen LogP contribution is 2.22. The molecule has 0 unspecified atom stereocenters. The summed E-state index contributed by atoms with van der Waals surface area (Å²) >= 11 is 0. The molecule has 0 saturated heterocycles. The van der Waals surface area contributed by atoms with Crippen LogP contribution in [-0.2, 0) is 0 Å². The maximum Gasteiger partial charge on any atom is 0.319 e. The zero-order chi connectivity index (χ0) is 17.5. The number of benzene rings is 2. The van der Waals surface area contributed by atoms with E-state index in [1.807, 2.05) is 64.1 Å². The van der Waals surface area contributed by atoms with Gasteiger partial charge in [-0.1, -0.05) is 35.9 Å². The zero-order valence-electron chi connectivity index (χ0n) is 14.9. The van der Waals surface area contributed by atoms with E-state index in [1.54, 1.807) is 0 Å². The number of carbonyl (C=O) groups is 1. The quantitative estimate of drug-likeness (QED) is 0.767. The third-order valence-electron chi connectivity index (χ3n) is 3.89. The summed E-state index contributed by atoms with van der Waals surface area (Å²) < 4.78 is 5.83. The molecule has 0 spiro atoms. The molecular formula is C20H26N2O2. The first-order valence-electron chi connectivity index (χ1n) is 8.28. The molecule has 24 heavy (non-hydrogen) atoms. The number of hydrogen-bond donors (Lipinski definition) is 2. The Morgan fingerprint density at radius 3 is 2.38 bits per heavy atom. The van der Waals surface area contributed by atoms with Gasteiger partial charge in [0, 0.05) is 12.2 Å². The van der Waals surface area contributed by atoms with E-state index in [1.165, 1.54) is 5.56 Å². The molecule has 0 saturated carbocycles. The fraction of sp³-hybridized carbons (Fsp3) is 0.350. The Morgan fingerprint density at radius 2 is 1.71 bits per heavy atom. The van der Waals surface area contributed by atoms with Gasteiger partial charge in [-0.2, -0.15) is 0 Å². The third kappa shape index (κ3) is 5.01. The van der Waals surface area contributed by atoms with Crippen molar-refractivity contribution in [3.8, 4) is 5.75 Å². The molecule has 2 N–H and O–H groups in total. The summed E-state index contributed by atoms with van der Waals surface area (Å²) in [7, 11) is 0. The van der Waals surface area contributed by atoms with Crippen molar-refractivity contribution in [2.45, 2.75) is 34.1 Å². The number of anilines is 1. The molecule has 2 aromatic carbocycles. The number of urea groups is 1. The molecule has 0 atom stereocenters. The maximum atomic E-state index is 11.9. The van der Waals surface area contributed by atoms with Crippen LogP contribution < -0.4 is 15.4 Å². The number of carbonyl (C=O) groups excluding carboxylic acids is 1. The Labute approximate surface area is 144 Å². The highest BCUT2D eigenvalue weighted by atomic mass is 16.5. The van der Waals surface area contributed by atoms with Gasteiger partial charge in [-0.25, -0.2) is 4.79 Å². The van der Waals surface area contributed by atoms with E-state index in [9.17, 15) is 4.79 Å². The minimum absolute atomic E-state index is 0.186. The fourth-order valence-corrected chi connectivity index (χ4v) is 2.60. The number of ether oxygens (including phenoxy) is 1. The predicted molar refractivity (Wildman–Crippen MR) is 99.0 cm³/mol. The molecule has 0 radical (unpaired) electrons. The molecule has 128 valence electrons. The summed E-state index contributed by atoms with van der Waals surface area (Å²) in [6, 6.07) is 11.9. The molecule has 4 heteroatoms. The average Bonchev–Trinajstić information content (AvgIpc) is 2.52. The van der Waals surface area contributed by atoms with E-state index >= 15 is 0 Å². The van der Waals surface area contributed by atoms with Gasteiger partial charge in [0.2, 0.25) is 0 Å². The summed E-state index contributed by atoms with van der Waals surface area (Å²) in [5.41, 5.74) is 5.35. The number of nitrogens with one attached hydrogen (secondary N) is 2. The average molecular weight is 326 g/mol. The molecule has 0 aromatic heterocycles. The molecule has 2 rings (SSSR count). The molecule has 0 aliphatic heterocycles. The maximum absolute atomic E-state index is 11.9. The van der Waals surface area contributed by atoms with Gasteiger partial charge in [-0.15, -0.1) is 0 Å². The zero-order valence-corrected chi connectivity index (χ0v) is 14.9. The van der Waals surface area contributed by atoms with Crippen molar-refractivity contribution in [3.63, 3.8) is 0 Å². The summed E-state index contributed by atoms with van der Waals surface area (Å²) in [4.78, 5) is 11.9. The SMILES string of the molecule is Cc1ccc(NC(=O)NCCCOc2c(C)cccc2C)c(C)c1. The van der Waals surface area contributed by atoms with Crippen molar-refractivity contribution in [1.82, 2.24) is 5.32 Å². The lowest BCUT2D eigenvalue weighted by molar-refractivity contribution is 0.250. The van der Waals surface area contributed by atoms with Crippen molar-refractivity contribution in [2.24, 2.45) is 0 Å². The third-order valence-corrected chi connectivity index (χ3v) is 3.89. The number of amides is 2. The first-order chi connectivity index (χ1) is 11.5. The van der Waals surface area contributed by atoms with Crippen molar-refractivity contribution < 1.29 is 9.53 Å². The van der Waals surface area contributed by atoms with Crippen molar-refractivity contribution >= 4 is 11.7 Å². The molecular weight excluding hydrogens is 300 g/mol. The predicted octanol–water partition coefficient (Wildman–Crippen LogP) is 4.51. The van der Waals surface area contributed by atoms with E-state index in [-0.39, 0.29) is 6.03 Å². The Kier molecular flexibility index (Phi) is 6.24. The van der Waals surface area contributed by atoms with Crippen LogP contribution >= 0.6 is 0 Å². The van der Waals surface area contributed by atoms with E-state index in [0.29, 0.717) is 13.2 Å². The van der Waals surface area contributed by atoms with E-state index in [0.717, 1.165) is 34.5 Å². The van der Waals surface area contributed by atoms with E-state index in [4.69, 9.17) is 4.74 Å². The van der Waals surface area contributed by atoms with Crippen LogP contribution in [0.2, 0.25) is 0 Å². The molecule has 2 amide bonds. The molecule has 0 aliphatic carbocycles. The lowest BCUT2D eigenvalue weighted by Gasteiger charge is -2.13. The smallest absolute Gasteiger partial charge is 0.319 e. The van der Waals surface area contributed by atoms with Crippen LogP contribution in [0.3, 0.4) is 0 Å².